The number of H-pyrrole nitrogens is 1. The second kappa shape index (κ2) is 3.38. The topological polar surface area (TPSA) is 71.8 Å². The molecule has 0 aromatic carbocycles. The molecule has 1 aromatic heterocycles. The molecule has 1 heterocycles. The molecule has 4 heteroatoms. The first-order valence-electron chi connectivity index (χ1n) is 4.06. The Bertz CT molecular complexity index is 290. The highest BCUT2D eigenvalue weighted by molar-refractivity contribution is 5.92. The van der Waals surface area contributed by atoms with E-state index in [0.29, 0.717) is 5.69 Å². The maximum Gasteiger partial charge on any atom is 0.269 e. The van der Waals surface area contributed by atoms with Crippen LogP contribution in [0.1, 0.15) is 35.6 Å². The van der Waals surface area contributed by atoms with Gasteiger partial charge in [-0.15, -0.1) is 0 Å². The summed E-state index contributed by atoms with van der Waals surface area (Å²) in [5, 5.41) is 6.66. The van der Waals surface area contributed by atoms with Crippen LogP contribution in [0.4, 0.5) is 0 Å². The average molecular weight is 167 g/mol. The van der Waals surface area contributed by atoms with E-state index < -0.39 is 5.91 Å². The number of rotatable bonds is 3. The first-order chi connectivity index (χ1) is 5.70. The number of amides is 1. The van der Waals surface area contributed by atoms with Crippen molar-refractivity contribution in [3.8, 4) is 0 Å². The molecule has 0 atom stereocenters. The summed E-state index contributed by atoms with van der Waals surface area (Å²) in [5.41, 5.74) is 7.48. The molecule has 3 N–H and O–H groups in total. The van der Waals surface area contributed by atoms with Crippen molar-refractivity contribution < 1.29 is 4.79 Å². The Balaban J connectivity index is 3.13. The smallest absolute Gasteiger partial charge is 0.269 e. The number of nitrogens with two attached hydrogens (primary N) is 1. The van der Waals surface area contributed by atoms with Crippen LogP contribution in [0.3, 0.4) is 0 Å². The van der Waals surface area contributed by atoms with Gasteiger partial charge in [-0.2, -0.15) is 5.10 Å². The fourth-order valence-electron chi connectivity index (χ4n) is 1.28. The summed E-state index contributed by atoms with van der Waals surface area (Å²) in [6.07, 6.45) is 1.64. The average Bonchev–Trinajstić information content (AvgIpc) is 2.46. The number of aryl methyl sites for hydroxylation is 1. The predicted molar refractivity (Wildman–Crippen MR) is 45.9 cm³/mol. The summed E-state index contributed by atoms with van der Waals surface area (Å²) >= 11 is 0. The number of primary amides is 1. The molecule has 4 nitrogen and oxygen atoms in total. The number of aromatic nitrogens is 2. The zero-order valence-electron chi connectivity index (χ0n) is 7.35. The van der Waals surface area contributed by atoms with E-state index in [-0.39, 0.29) is 0 Å². The van der Waals surface area contributed by atoms with Crippen molar-refractivity contribution in [2.75, 3.05) is 0 Å². The van der Waals surface area contributed by atoms with Gasteiger partial charge in [-0.05, 0) is 12.8 Å². The minimum absolute atomic E-state index is 0.384. The second-order valence-corrected chi connectivity index (χ2v) is 2.60. The first kappa shape index (κ1) is 8.77. The van der Waals surface area contributed by atoms with Gasteiger partial charge in [0.05, 0.1) is 0 Å². The summed E-state index contributed by atoms with van der Waals surface area (Å²) in [6.45, 7) is 3.99. The quantitative estimate of drug-likeness (QED) is 0.693. The van der Waals surface area contributed by atoms with Gasteiger partial charge in [0.15, 0.2) is 5.69 Å². The monoisotopic (exact) mass is 167 g/mol. The highest BCUT2D eigenvalue weighted by Crippen LogP contribution is 2.11. The van der Waals surface area contributed by atoms with Gasteiger partial charge in [-0.3, -0.25) is 9.89 Å². The molecule has 0 aliphatic heterocycles. The van der Waals surface area contributed by atoms with Crippen molar-refractivity contribution in [3.05, 3.63) is 17.0 Å². The SMILES string of the molecule is CCc1[nH]nc(C(N)=O)c1CC. The van der Waals surface area contributed by atoms with Crippen molar-refractivity contribution in [2.24, 2.45) is 5.73 Å². The van der Waals surface area contributed by atoms with E-state index >= 15 is 0 Å². The molecule has 0 aliphatic rings. The maximum atomic E-state index is 10.8. The lowest BCUT2D eigenvalue weighted by atomic mass is 10.1. The van der Waals surface area contributed by atoms with Crippen LogP contribution < -0.4 is 5.73 Å². The number of nitrogens with zero attached hydrogens (tertiary/aromatic N) is 1. The zero-order valence-corrected chi connectivity index (χ0v) is 7.35. The number of aromatic amines is 1. The zero-order chi connectivity index (χ0) is 9.14. The minimum atomic E-state index is -0.456. The molecule has 0 radical (unpaired) electrons. The Labute approximate surface area is 71.2 Å². The Kier molecular flexibility index (Phi) is 2.47. The van der Waals surface area contributed by atoms with E-state index in [0.717, 1.165) is 24.1 Å². The van der Waals surface area contributed by atoms with Gasteiger partial charge in [-0.25, -0.2) is 0 Å². The molecule has 12 heavy (non-hydrogen) atoms. The Morgan fingerprint density at radius 3 is 2.58 bits per heavy atom. The van der Waals surface area contributed by atoms with Gasteiger partial charge in [0.2, 0.25) is 0 Å². The minimum Gasteiger partial charge on any atom is -0.364 e. The summed E-state index contributed by atoms with van der Waals surface area (Å²) in [7, 11) is 0. The van der Waals surface area contributed by atoms with Crippen molar-refractivity contribution in [2.45, 2.75) is 26.7 Å². The Hall–Kier alpha value is -1.32. The fourth-order valence-corrected chi connectivity index (χ4v) is 1.28. The molecule has 66 valence electrons. The van der Waals surface area contributed by atoms with Gasteiger partial charge in [-0.1, -0.05) is 13.8 Å². The molecule has 0 saturated carbocycles. The number of carbonyl (C=O) groups excluding carboxylic acids is 1. The van der Waals surface area contributed by atoms with Crippen LogP contribution in [-0.4, -0.2) is 16.1 Å². The van der Waals surface area contributed by atoms with Crippen LogP contribution in [-0.2, 0) is 12.8 Å². The van der Waals surface area contributed by atoms with Crippen LogP contribution in [0.15, 0.2) is 0 Å². The van der Waals surface area contributed by atoms with Crippen LogP contribution in [0.25, 0.3) is 0 Å². The lowest BCUT2D eigenvalue weighted by Crippen LogP contribution is -2.13. The molecule has 0 saturated heterocycles. The van der Waals surface area contributed by atoms with Crippen molar-refractivity contribution >= 4 is 5.91 Å². The van der Waals surface area contributed by atoms with Crippen molar-refractivity contribution in [3.63, 3.8) is 0 Å². The fraction of sp³-hybridized carbons (Fsp3) is 0.500. The van der Waals surface area contributed by atoms with E-state index in [1.54, 1.807) is 0 Å². The van der Waals surface area contributed by atoms with Gasteiger partial charge < -0.3 is 5.73 Å². The van der Waals surface area contributed by atoms with Gasteiger partial charge >= 0.3 is 0 Å². The standard InChI is InChI=1S/C8H13N3O/c1-3-5-6(4-2)10-11-7(5)8(9)12/h3-4H2,1-2H3,(H2,9,12)(H,10,11). The predicted octanol–water partition coefficient (Wildman–Crippen LogP) is 0.633. The van der Waals surface area contributed by atoms with E-state index in [9.17, 15) is 4.79 Å². The van der Waals surface area contributed by atoms with Crippen LogP contribution >= 0.6 is 0 Å². The number of carbonyl (C=O) groups is 1. The Morgan fingerprint density at radius 1 is 1.50 bits per heavy atom. The highest BCUT2D eigenvalue weighted by atomic mass is 16.1. The molecule has 0 aliphatic carbocycles. The van der Waals surface area contributed by atoms with E-state index in [4.69, 9.17) is 5.73 Å². The molecule has 1 rings (SSSR count). The van der Waals surface area contributed by atoms with E-state index in [1.165, 1.54) is 0 Å². The lowest BCUT2D eigenvalue weighted by molar-refractivity contribution is 0.0994. The third kappa shape index (κ3) is 1.32. The van der Waals surface area contributed by atoms with Gasteiger partial charge in [0, 0.05) is 11.3 Å². The lowest BCUT2D eigenvalue weighted by Gasteiger charge is -1.96. The molecular formula is C8H13N3O. The maximum absolute atomic E-state index is 10.8. The first-order valence-corrected chi connectivity index (χ1v) is 4.06. The highest BCUT2D eigenvalue weighted by Gasteiger charge is 2.13. The summed E-state index contributed by atoms with van der Waals surface area (Å²) in [4.78, 5) is 10.8. The third-order valence-electron chi connectivity index (χ3n) is 1.89. The Morgan fingerprint density at radius 2 is 2.17 bits per heavy atom. The molecular weight excluding hydrogens is 154 g/mol. The van der Waals surface area contributed by atoms with E-state index in [1.807, 2.05) is 13.8 Å². The molecule has 0 fully saturated rings. The second-order valence-electron chi connectivity index (χ2n) is 2.60. The van der Waals surface area contributed by atoms with E-state index in [2.05, 4.69) is 10.2 Å². The summed E-state index contributed by atoms with van der Waals surface area (Å²) in [6, 6.07) is 0. The normalized spacial score (nSPS) is 10.2. The van der Waals surface area contributed by atoms with Crippen molar-refractivity contribution in [1.29, 1.82) is 0 Å². The van der Waals surface area contributed by atoms with Gasteiger partial charge in [0.25, 0.3) is 5.91 Å². The molecule has 1 amide bonds. The molecule has 1 aromatic rings. The third-order valence-corrected chi connectivity index (χ3v) is 1.89. The molecule has 0 bridgehead atoms. The van der Waals surface area contributed by atoms with Crippen LogP contribution in [0, 0.1) is 0 Å². The molecule has 0 spiro atoms. The largest absolute Gasteiger partial charge is 0.364 e. The number of hydrogen-bond donors (Lipinski definition) is 2. The van der Waals surface area contributed by atoms with Gasteiger partial charge in [0.1, 0.15) is 0 Å². The summed E-state index contributed by atoms with van der Waals surface area (Å²) in [5.74, 6) is -0.456. The van der Waals surface area contributed by atoms with Crippen LogP contribution in [0.5, 0.6) is 0 Å². The summed E-state index contributed by atoms with van der Waals surface area (Å²) < 4.78 is 0. The number of hydrogen-bond acceptors (Lipinski definition) is 2. The number of nitrogens with one attached hydrogen (secondary N) is 1. The molecule has 0 unspecified atom stereocenters. The van der Waals surface area contributed by atoms with Crippen molar-refractivity contribution in [1.82, 2.24) is 10.2 Å². The van der Waals surface area contributed by atoms with Crippen LogP contribution in [0.2, 0.25) is 0 Å².